The highest BCUT2D eigenvalue weighted by atomic mass is 35.5. The monoisotopic (exact) mass is 213 g/mol. The molecule has 0 heterocycles. The molecule has 0 fully saturated rings. The predicted octanol–water partition coefficient (Wildman–Crippen LogP) is 2.34. The summed E-state index contributed by atoms with van der Waals surface area (Å²) in [7, 11) is 0. The largest absolute Gasteiger partial charge is 0.396 e. The van der Waals surface area contributed by atoms with Crippen molar-refractivity contribution in [2.45, 2.75) is 26.3 Å². The number of benzene rings is 1. The molecule has 0 bridgehead atoms. The van der Waals surface area contributed by atoms with E-state index < -0.39 is 0 Å². The van der Waals surface area contributed by atoms with Gasteiger partial charge in [0.2, 0.25) is 0 Å². The van der Waals surface area contributed by atoms with Gasteiger partial charge in [-0.3, -0.25) is 0 Å². The Kier molecular flexibility index (Phi) is 3.93. The van der Waals surface area contributed by atoms with E-state index in [0.717, 1.165) is 11.1 Å². The summed E-state index contributed by atoms with van der Waals surface area (Å²) < 4.78 is 0. The average molecular weight is 214 g/mol. The van der Waals surface area contributed by atoms with Gasteiger partial charge in [0.1, 0.15) is 0 Å². The van der Waals surface area contributed by atoms with E-state index in [2.05, 4.69) is 0 Å². The molecular formula is C11H16ClNO. The molecule has 3 heteroatoms. The SMILES string of the molecule is Cc1ccc(Cl)c(C(N)CCO)c1C. The Morgan fingerprint density at radius 2 is 2.07 bits per heavy atom. The van der Waals surface area contributed by atoms with Gasteiger partial charge in [-0.2, -0.15) is 0 Å². The number of aliphatic hydroxyl groups is 1. The van der Waals surface area contributed by atoms with Crippen LogP contribution in [-0.2, 0) is 0 Å². The molecule has 2 nitrogen and oxygen atoms in total. The van der Waals surface area contributed by atoms with Crippen LogP contribution in [-0.4, -0.2) is 11.7 Å². The lowest BCUT2D eigenvalue weighted by Crippen LogP contribution is -2.14. The molecule has 0 amide bonds. The molecule has 0 aliphatic heterocycles. The van der Waals surface area contributed by atoms with Gasteiger partial charge < -0.3 is 10.8 Å². The highest BCUT2D eigenvalue weighted by Crippen LogP contribution is 2.28. The van der Waals surface area contributed by atoms with Crippen LogP contribution >= 0.6 is 11.6 Å². The lowest BCUT2D eigenvalue weighted by molar-refractivity contribution is 0.276. The second kappa shape index (κ2) is 4.78. The van der Waals surface area contributed by atoms with E-state index in [1.54, 1.807) is 0 Å². The van der Waals surface area contributed by atoms with Gasteiger partial charge in [-0.1, -0.05) is 17.7 Å². The Hall–Kier alpha value is -0.570. The molecule has 1 aromatic carbocycles. The minimum atomic E-state index is -0.174. The summed E-state index contributed by atoms with van der Waals surface area (Å²) in [6.07, 6.45) is 0.546. The van der Waals surface area contributed by atoms with Crippen LogP contribution in [0.4, 0.5) is 0 Å². The van der Waals surface area contributed by atoms with Gasteiger partial charge in [0.15, 0.2) is 0 Å². The van der Waals surface area contributed by atoms with Crippen molar-refractivity contribution in [2.75, 3.05) is 6.61 Å². The molecule has 0 radical (unpaired) electrons. The summed E-state index contributed by atoms with van der Waals surface area (Å²) in [5, 5.41) is 9.51. The summed E-state index contributed by atoms with van der Waals surface area (Å²) in [5.74, 6) is 0. The first-order valence-electron chi connectivity index (χ1n) is 4.70. The second-order valence-corrected chi connectivity index (χ2v) is 3.93. The number of rotatable bonds is 3. The zero-order valence-corrected chi connectivity index (χ0v) is 9.30. The predicted molar refractivity (Wildman–Crippen MR) is 59.6 cm³/mol. The zero-order valence-electron chi connectivity index (χ0n) is 8.55. The fourth-order valence-corrected chi connectivity index (χ4v) is 1.89. The van der Waals surface area contributed by atoms with Crippen molar-refractivity contribution in [3.05, 3.63) is 33.8 Å². The van der Waals surface area contributed by atoms with Crippen molar-refractivity contribution >= 4 is 11.6 Å². The summed E-state index contributed by atoms with van der Waals surface area (Å²) in [6.45, 7) is 4.12. The minimum absolute atomic E-state index is 0.0882. The third-order valence-corrected chi connectivity index (χ3v) is 2.87. The molecule has 14 heavy (non-hydrogen) atoms. The molecule has 78 valence electrons. The highest BCUT2D eigenvalue weighted by molar-refractivity contribution is 6.31. The molecule has 3 N–H and O–H groups in total. The molecule has 0 aliphatic rings. The van der Waals surface area contributed by atoms with Crippen molar-refractivity contribution in [3.63, 3.8) is 0 Å². The highest BCUT2D eigenvalue weighted by Gasteiger charge is 2.13. The summed E-state index contributed by atoms with van der Waals surface area (Å²) in [5.41, 5.74) is 9.19. The molecular weight excluding hydrogens is 198 g/mol. The molecule has 1 unspecified atom stereocenters. The number of hydrogen-bond acceptors (Lipinski definition) is 2. The Morgan fingerprint density at radius 1 is 1.43 bits per heavy atom. The van der Waals surface area contributed by atoms with Crippen LogP contribution in [0.5, 0.6) is 0 Å². The van der Waals surface area contributed by atoms with Crippen molar-refractivity contribution in [1.82, 2.24) is 0 Å². The average Bonchev–Trinajstić information content (AvgIpc) is 2.13. The van der Waals surface area contributed by atoms with Gasteiger partial charge in [-0.25, -0.2) is 0 Å². The fraction of sp³-hybridized carbons (Fsp3) is 0.455. The second-order valence-electron chi connectivity index (χ2n) is 3.52. The van der Waals surface area contributed by atoms with Gasteiger partial charge >= 0.3 is 0 Å². The van der Waals surface area contributed by atoms with Crippen molar-refractivity contribution < 1.29 is 5.11 Å². The zero-order chi connectivity index (χ0) is 10.7. The van der Waals surface area contributed by atoms with Gasteiger partial charge in [-0.15, -0.1) is 0 Å². The van der Waals surface area contributed by atoms with Crippen molar-refractivity contribution in [1.29, 1.82) is 0 Å². The van der Waals surface area contributed by atoms with Crippen LogP contribution in [0.15, 0.2) is 12.1 Å². The molecule has 0 aromatic heterocycles. The normalized spacial score (nSPS) is 12.9. The Balaban J connectivity index is 3.11. The molecule has 0 aliphatic carbocycles. The molecule has 0 saturated heterocycles. The van der Waals surface area contributed by atoms with E-state index in [1.165, 1.54) is 5.56 Å². The standard InChI is InChI=1S/C11H16ClNO/c1-7-3-4-9(12)11(8(7)2)10(13)5-6-14/h3-4,10,14H,5-6,13H2,1-2H3. The van der Waals surface area contributed by atoms with E-state index in [-0.39, 0.29) is 12.6 Å². The quantitative estimate of drug-likeness (QED) is 0.810. The first-order valence-corrected chi connectivity index (χ1v) is 5.07. The summed E-state index contributed by atoms with van der Waals surface area (Å²) >= 11 is 6.07. The number of aliphatic hydroxyl groups excluding tert-OH is 1. The smallest absolute Gasteiger partial charge is 0.0456 e. The van der Waals surface area contributed by atoms with Gasteiger partial charge in [0.05, 0.1) is 0 Å². The summed E-state index contributed by atoms with van der Waals surface area (Å²) in [6, 6.07) is 3.66. The van der Waals surface area contributed by atoms with Crippen LogP contribution in [0.1, 0.15) is 29.2 Å². The number of halogens is 1. The van der Waals surface area contributed by atoms with Gasteiger partial charge in [0.25, 0.3) is 0 Å². The van der Waals surface area contributed by atoms with E-state index in [4.69, 9.17) is 22.4 Å². The third-order valence-electron chi connectivity index (χ3n) is 2.54. The van der Waals surface area contributed by atoms with Crippen LogP contribution in [0, 0.1) is 13.8 Å². The third kappa shape index (κ3) is 2.27. The topological polar surface area (TPSA) is 46.2 Å². The molecule has 0 spiro atoms. The maximum atomic E-state index is 8.83. The summed E-state index contributed by atoms with van der Waals surface area (Å²) in [4.78, 5) is 0. The Morgan fingerprint density at radius 3 is 2.64 bits per heavy atom. The molecule has 1 aromatic rings. The maximum absolute atomic E-state index is 8.83. The number of aryl methyl sites for hydroxylation is 1. The van der Waals surface area contributed by atoms with Crippen LogP contribution in [0.25, 0.3) is 0 Å². The van der Waals surface area contributed by atoms with Crippen molar-refractivity contribution in [3.8, 4) is 0 Å². The molecule has 1 rings (SSSR count). The fourth-order valence-electron chi connectivity index (χ4n) is 1.54. The lowest BCUT2D eigenvalue weighted by Gasteiger charge is -2.17. The Labute approximate surface area is 89.7 Å². The van der Waals surface area contributed by atoms with E-state index in [9.17, 15) is 0 Å². The number of nitrogens with two attached hydrogens (primary N) is 1. The van der Waals surface area contributed by atoms with E-state index in [1.807, 2.05) is 26.0 Å². The first kappa shape index (κ1) is 11.5. The van der Waals surface area contributed by atoms with Gasteiger partial charge in [0, 0.05) is 17.7 Å². The molecule has 0 saturated carbocycles. The van der Waals surface area contributed by atoms with Crippen LogP contribution < -0.4 is 5.73 Å². The lowest BCUT2D eigenvalue weighted by atomic mass is 9.96. The van der Waals surface area contributed by atoms with E-state index >= 15 is 0 Å². The van der Waals surface area contributed by atoms with Crippen LogP contribution in [0.2, 0.25) is 5.02 Å². The maximum Gasteiger partial charge on any atom is 0.0456 e. The molecule has 1 atom stereocenters. The van der Waals surface area contributed by atoms with Crippen molar-refractivity contribution in [2.24, 2.45) is 5.73 Å². The van der Waals surface area contributed by atoms with Crippen LogP contribution in [0.3, 0.4) is 0 Å². The van der Waals surface area contributed by atoms with Gasteiger partial charge in [-0.05, 0) is 43.0 Å². The number of hydrogen-bond donors (Lipinski definition) is 2. The van der Waals surface area contributed by atoms with E-state index in [0.29, 0.717) is 11.4 Å². The first-order chi connectivity index (χ1) is 6.57. The minimum Gasteiger partial charge on any atom is -0.396 e. The Bertz CT molecular complexity index is 325.